The summed E-state index contributed by atoms with van der Waals surface area (Å²) in [6.45, 7) is 0.203. The van der Waals surface area contributed by atoms with Gasteiger partial charge in [0.15, 0.2) is 10.8 Å². The number of fused-ring (bicyclic) bond motifs is 1. The van der Waals surface area contributed by atoms with Gasteiger partial charge in [0.05, 0.1) is 31.2 Å². The lowest BCUT2D eigenvalue weighted by Crippen LogP contribution is -2.11. The molecule has 2 rings (SSSR count). The van der Waals surface area contributed by atoms with E-state index < -0.39 is 0 Å². The Hall–Kier alpha value is -1.85. The molecule has 0 saturated heterocycles. The van der Waals surface area contributed by atoms with E-state index in [1.54, 1.807) is 0 Å². The molecule has 0 bridgehead atoms. The SMILES string of the molecule is N#CCSc1nc2c(cnn2CCO)c(=O)[nH]1. The van der Waals surface area contributed by atoms with Crippen LogP contribution in [0.1, 0.15) is 0 Å². The first-order chi connectivity index (χ1) is 8.26. The van der Waals surface area contributed by atoms with E-state index >= 15 is 0 Å². The highest BCUT2D eigenvalue weighted by atomic mass is 32.2. The van der Waals surface area contributed by atoms with Crippen LogP contribution in [-0.2, 0) is 6.54 Å². The third-order valence-corrected chi connectivity index (χ3v) is 2.81. The molecule has 0 amide bonds. The van der Waals surface area contributed by atoms with Crippen molar-refractivity contribution in [1.82, 2.24) is 19.7 Å². The third kappa shape index (κ3) is 2.30. The third-order valence-electron chi connectivity index (χ3n) is 2.07. The Labute approximate surface area is 100 Å². The lowest BCUT2D eigenvalue weighted by Gasteiger charge is -2.00. The predicted molar refractivity (Wildman–Crippen MR) is 61.6 cm³/mol. The maximum Gasteiger partial charge on any atom is 0.262 e. The Morgan fingerprint density at radius 1 is 1.65 bits per heavy atom. The molecule has 0 aromatic carbocycles. The fourth-order valence-electron chi connectivity index (χ4n) is 1.37. The van der Waals surface area contributed by atoms with Gasteiger partial charge >= 0.3 is 0 Å². The molecule has 0 atom stereocenters. The first-order valence-corrected chi connectivity index (χ1v) is 5.81. The Bertz CT molecular complexity index is 626. The number of nitrogens with one attached hydrogen (secondary N) is 1. The largest absolute Gasteiger partial charge is 0.394 e. The van der Waals surface area contributed by atoms with Crippen molar-refractivity contribution in [2.24, 2.45) is 0 Å². The smallest absolute Gasteiger partial charge is 0.262 e. The monoisotopic (exact) mass is 251 g/mol. The Balaban J connectivity index is 2.49. The summed E-state index contributed by atoms with van der Waals surface area (Å²) in [4.78, 5) is 18.4. The number of aromatic nitrogens is 4. The van der Waals surface area contributed by atoms with E-state index in [-0.39, 0.29) is 24.5 Å². The fraction of sp³-hybridized carbons (Fsp3) is 0.333. The summed E-state index contributed by atoms with van der Waals surface area (Å²) < 4.78 is 1.46. The second-order valence-corrected chi connectivity index (χ2v) is 4.11. The van der Waals surface area contributed by atoms with Crippen LogP contribution < -0.4 is 5.56 Å². The number of hydrogen-bond acceptors (Lipinski definition) is 6. The molecule has 2 aromatic heterocycles. The van der Waals surface area contributed by atoms with Crippen molar-refractivity contribution in [3.63, 3.8) is 0 Å². The standard InChI is InChI=1S/C9H9N5O2S/c10-1-4-17-9-12-7-6(8(16)13-9)5-11-14(7)2-3-15/h5,15H,2-4H2,(H,12,13,16). The molecule has 17 heavy (non-hydrogen) atoms. The first-order valence-electron chi connectivity index (χ1n) is 4.82. The van der Waals surface area contributed by atoms with Gasteiger partial charge < -0.3 is 10.1 Å². The lowest BCUT2D eigenvalue weighted by atomic mass is 10.4. The van der Waals surface area contributed by atoms with E-state index in [0.717, 1.165) is 11.8 Å². The molecule has 0 aliphatic heterocycles. The summed E-state index contributed by atoms with van der Waals surface area (Å²) in [5.41, 5.74) is 0.128. The van der Waals surface area contributed by atoms with E-state index in [0.29, 0.717) is 16.2 Å². The minimum atomic E-state index is -0.292. The van der Waals surface area contributed by atoms with Gasteiger partial charge in [0.1, 0.15) is 5.39 Å². The van der Waals surface area contributed by atoms with E-state index in [1.165, 1.54) is 10.9 Å². The molecule has 7 nitrogen and oxygen atoms in total. The van der Waals surface area contributed by atoms with Crippen LogP contribution in [0, 0.1) is 11.3 Å². The topological polar surface area (TPSA) is 108 Å². The predicted octanol–water partition coefficient (Wildman–Crippen LogP) is -0.272. The van der Waals surface area contributed by atoms with E-state index in [1.807, 2.05) is 6.07 Å². The van der Waals surface area contributed by atoms with Gasteiger partial charge in [-0.2, -0.15) is 10.4 Å². The zero-order valence-corrected chi connectivity index (χ0v) is 9.57. The van der Waals surface area contributed by atoms with Crippen LogP contribution in [0.2, 0.25) is 0 Å². The van der Waals surface area contributed by atoms with Crippen LogP contribution in [-0.4, -0.2) is 37.2 Å². The number of thioether (sulfide) groups is 1. The minimum absolute atomic E-state index is 0.0774. The van der Waals surface area contributed by atoms with Crippen molar-refractivity contribution in [2.45, 2.75) is 11.7 Å². The minimum Gasteiger partial charge on any atom is -0.394 e. The molecule has 2 N–H and O–H groups in total. The zero-order valence-electron chi connectivity index (χ0n) is 8.75. The second-order valence-electron chi connectivity index (χ2n) is 3.15. The number of aliphatic hydroxyl groups is 1. The first kappa shape index (κ1) is 11.6. The lowest BCUT2D eigenvalue weighted by molar-refractivity contribution is 0.271. The highest BCUT2D eigenvalue weighted by molar-refractivity contribution is 7.99. The molecule has 2 heterocycles. The molecule has 2 aromatic rings. The summed E-state index contributed by atoms with van der Waals surface area (Å²) in [6.07, 6.45) is 1.41. The van der Waals surface area contributed by atoms with Crippen LogP contribution in [0.4, 0.5) is 0 Å². The molecule has 0 fully saturated rings. The molecule has 0 aliphatic carbocycles. The van der Waals surface area contributed by atoms with Gasteiger partial charge in [-0.15, -0.1) is 0 Å². The number of aromatic amines is 1. The molecule has 0 aliphatic rings. The Morgan fingerprint density at radius 2 is 2.47 bits per heavy atom. The highest BCUT2D eigenvalue weighted by Crippen LogP contribution is 2.13. The van der Waals surface area contributed by atoms with Crippen molar-refractivity contribution in [3.05, 3.63) is 16.6 Å². The van der Waals surface area contributed by atoms with Crippen LogP contribution in [0.5, 0.6) is 0 Å². The number of hydrogen-bond donors (Lipinski definition) is 2. The van der Waals surface area contributed by atoms with Gasteiger partial charge in [0, 0.05) is 0 Å². The molecule has 0 saturated carbocycles. The van der Waals surface area contributed by atoms with Gasteiger partial charge in [0.2, 0.25) is 0 Å². The summed E-state index contributed by atoms with van der Waals surface area (Å²) in [6, 6.07) is 1.96. The van der Waals surface area contributed by atoms with Crippen molar-refractivity contribution >= 4 is 22.8 Å². The van der Waals surface area contributed by atoms with Crippen LogP contribution in [0.25, 0.3) is 11.0 Å². The van der Waals surface area contributed by atoms with E-state index in [4.69, 9.17) is 10.4 Å². The van der Waals surface area contributed by atoms with Crippen molar-refractivity contribution in [2.75, 3.05) is 12.4 Å². The van der Waals surface area contributed by atoms with Crippen LogP contribution >= 0.6 is 11.8 Å². The zero-order chi connectivity index (χ0) is 12.3. The highest BCUT2D eigenvalue weighted by Gasteiger charge is 2.09. The van der Waals surface area contributed by atoms with Crippen molar-refractivity contribution in [1.29, 1.82) is 5.26 Å². The van der Waals surface area contributed by atoms with Gasteiger partial charge in [0.25, 0.3) is 5.56 Å². The average Bonchev–Trinajstić information content (AvgIpc) is 2.71. The molecule has 0 spiro atoms. The summed E-state index contributed by atoms with van der Waals surface area (Å²) in [5.74, 6) is 0.211. The summed E-state index contributed by atoms with van der Waals surface area (Å²) >= 11 is 1.15. The molecular weight excluding hydrogens is 242 g/mol. The summed E-state index contributed by atoms with van der Waals surface area (Å²) in [5, 5.41) is 22.0. The number of H-pyrrole nitrogens is 1. The summed E-state index contributed by atoms with van der Waals surface area (Å²) in [7, 11) is 0. The Morgan fingerprint density at radius 3 is 3.18 bits per heavy atom. The van der Waals surface area contributed by atoms with Crippen LogP contribution in [0.3, 0.4) is 0 Å². The number of nitriles is 1. The maximum atomic E-state index is 11.7. The average molecular weight is 251 g/mol. The van der Waals surface area contributed by atoms with Gasteiger partial charge in [-0.3, -0.25) is 4.79 Å². The molecule has 88 valence electrons. The Kier molecular flexibility index (Phi) is 3.41. The van der Waals surface area contributed by atoms with Crippen LogP contribution in [0.15, 0.2) is 16.1 Å². The molecular formula is C9H9N5O2S. The quantitative estimate of drug-likeness (QED) is 0.572. The van der Waals surface area contributed by atoms with Crippen molar-refractivity contribution in [3.8, 4) is 6.07 Å². The fourth-order valence-corrected chi connectivity index (χ4v) is 1.89. The van der Waals surface area contributed by atoms with E-state index in [9.17, 15) is 4.79 Å². The van der Waals surface area contributed by atoms with Gasteiger partial charge in [-0.25, -0.2) is 9.67 Å². The van der Waals surface area contributed by atoms with Gasteiger partial charge in [-0.05, 0) is 0 Å². The number of rotatable bonds is 4. The molecule has 0 radical (unpaired) electrons. The van der Waals surface area contributed by atoms with E-state index in [2.05, 4.69) is 15.1 Å². The molecule has 0 unspecified atom stereocenters. The number of aliphatic hydroxyl groups excluding tert-OH is 1. The molecule has 8 heteroatoms. The second kappa shape index (κ2) is 4.99. The normalized spacial score (nSPS) is 10.6. The maximum absolute atomic E-state index is 11.7. The number of nitrogens with zero attached hydrogens (tertiary/aromatic N) is 4. The van der Waals surface area contributed by atoms with Gasteiger partial charge in [-0.1, -0.05) is 11.8 Å². The van der Waals surface area contributed by atoms with Crippen molar-refractivity contribution < 1.29 is 5.11 Å².